The molecule has 2 heterocycles. The van der Waals surface area contributed by atoms with Gasteiger partial charge in [0.2, 0.25) is 10.0 Å². The molecule has 0 spiro atoms. The molecule has 1 aliphatic heterocycles. The standard InChI is InChI=1S/C16H30N4O2S.ClH/c1-11(2)9-20-14(5)16(13(4)18-20)23(21,22)19-8-6-7-15(10-19)12(3)17;/h11-12,15H,6-10,17H2,1-5H3;1H. The maximum Gasteiger partial charge on any atom is 0.246 e. The maximum atomic E-state index is 13.1. The van der Waals surface area contributed by atoms with Gasteiger partial charge in [-0.05, 0) is 45.4 Å². The second-order valence-electron chi connectivity index (χ2n) is 7.20. The van der Waals surface area contributed by atoms with Crippen molar-refractivity contribution >= 4 is 22.4 Å². The van der Waals surface area contributed by atoms with Gasteiger partial charge in [-0.3, -0.25) is 4.68 Å². The third-order valence-electron chi connectivity index (χ3n) is 4.62. The molecule has 2 atom stereocenters. The zero-order valence-electron chi connectivity index (χ0n) is 15.3. The summed E-state index contributed by atoms with van der Waals surface area (Å²) in [6, 6.07) is 0.0128. The van der Waals surface area contributed by atoms with E-state index in [1.165, 1.54) is 0 Å². The Bertz CT molecular complexity index is 655. The van der Waals surface area contributed by atoms with Crippen molar-refractivity contribution in [2.45, 2.75) is 64.9 Å². The molecule has 6 nitrogen and oxygen atoms in total. The highest BCUT2D eigenvalue weighted by molar-refractivity contribution is 7.89. The molecule has 1 aliphatic rings. The fourth-order valence-electron chi connectivity index (χ4n) is 3.33. The predicted octanol–water partition coefficient (Wildman–Crippen LogP) is 2.33. The van der Waals surface area contributed by atoms with Crippen LogP contribution in [0.4, 0.5) is 0 Å². The molecule has 0 saturated carbocycles. The van der Waals surface area contributed by atoms with E-state index in [9.17, 15) is 8.42 Å². The van der Waals surface area contributed by atoms with Crippen LogP contribution in [0.5, 0.6) is 0 Å². The molecule has 0 radical (unpaired) electrons. The molecule has 1 fully saturated rings. The fraction of sp³-hybridized carbons (Fsp3) is 0.812. The molecule has 0 aromatic carbocycles. The largest absolute Gasteiger partial charge is 0.328 e. The Labute approximate surface area is 152 Å². The number of aryl methyl sites for hydroxylation is 1. The molecule has 1 aromatic heterocycles. The van der Waals surface area contributed by atoms with Gasteiger partial charge >= 0.3 is 0 Å². The van der Waals surface area contributed by atoms with Crippen LogP contribution >= 0.6 is 12.4 Å². The van der Waals surface area contributed by atoms with Crippen LogP contribution in [0.2, 0.25) is 0 Å². The zero-order chi connectivity index (χ0) is 17.4. The average molecular weight is 379 g/mol. The Morgan fingerprint density at radius 1 is 1.29 bits per heavy atom. The van der Waals surface area contributed by atoms with Crippen molar-refractivity contribution in [3.8, 4) is 0 Å². The van der Waals surface area contributed by atoms with Gasteiger partial charge in [0.25, 0.3) is 0 Å². The molecule has 24 heavy (non-hydrogen) atoms. The smallest absolute Gasteiger partial charge is 0.246 e. The molecule has 1 aromatic rings. The van der Waals surface area contributed by atoms with E-state index < -0.39 is 10.0 Å². The van der Waals surface area contributed by atoms with Gasteiger partial charge in [-0.25, -0.2) is 8.42 Å². The predicted molar refractivity (Wildman–Crippen MR) is 98.9 cm³/mol. The summed E-state index contributed by atoms with van der Waals surface area (Å²) in [5.41, 5.74) is 7.32. The van der Waals surface area contributed by atoms with Crippen LogP contribution in [-0.2, 0) is 16.6 Å². The van der Waals surface area contributed by atoms with Gasteiger partial charge in [0, 0.05) is 25.7 Å². The van der Waals surface area contributed by atoms with Gasteiger partial charge < -0.3 is 5.73 Å². The lowest BCUT2D eigenvalue weighted by Gasteiger charge is -2.33. The monoisotopic (exact) mass is 378 g/mol. The lowest BCUT2D eigenvalue weighted by atomic mass is 9.93. The molecule has 0 aliphatic carbocycles. The first kappa shape index (κ1) is 21.4. The lowest BCUT2D eigenvalue weighted by Crippen LogP contribution is -2.45. The highest BCUT2D eigenvalue weighted by atomic mass is 35.5. The topological polar surface area (TPSA) is 81.2 Å². The fourth-order valence-corrected chi connectivity index (χ4v) is 5.24. The molecule has 0 amide bonds. The van der Waals surface area contributed by atoms with Crippen LogP contribution < -0.4 is 5.73 Å². The van der Waals surface area contributed by atoms with Crippen molar-refractivity contribution in [3.05, 3.63) is 11.4 Å². The highest BCUT2D eigenvalue weighted by Crippen LogP contribution is 2.28. The number of nitrogens with two attached hydrogens (primary N) is 1. The number of piperidine rings is 1. The number of hydrogen-bond acceptors (Lipinski definition) is 4. The third kappa shape index (κ3) is 4.31. The van der Waals surface area contributed by atoms with Crippen LogP contribution in [0.25, 0.3) is 0 Å². The van der Waals surface area contributed by atoms with Crippen LogP contribution in [0, 0.1) is 25.7 Å². The van der Waals surface area contributed by atoms with Crippen molar-refractivity contribution in [1.29, 1.82) is 0 Å². The number of rotatable bonds is 5. The van der Waals surface area contributed by atoms with Gasteiger partial charge in [-0.15, -0.1) is 12.4 Å². The Morgan fingerprint density at radius 3 is 2.46 bits per heavy atom. The summed E-state index contributed by atoms with van der Waals surface area (Å²) in [5.74, 6) is 0.644. The molecule has 8 heteroatoms. The van der Waals surface area contributed by atoms with Crippen molar-refractivity contribution < 1.29 is 8.42 Å². The number of hydrogen-bond donors (Lipinski definition) is 1. The normalized spacial score (nSPS) is 20.9. The summed E-state index contributed by atoms with van der Waals surface area (Å²) in [7, 11) is -3.51. The second kappa shape index (κ2) is 8.17. The summed E-state index contributed by atoms with van der Waals surface area (Å²) in [5, 5.41) is 4.45. The minimum absolute atomic E-state index is 0. The minimum atomic E-state index is -3.51. The van der Waals surface area contributed by atoms with E-state index >= 15 is 0 Å². The summed E-state index contributed by atoms with van der Waals surface area (Å²) in [4.78, 5) is 0.378. The van der Waals surface area contributed by atoms with Gasteiger partial charge in [0.05, 0.1) is 11.4 Å². The maximum absolute atomic E-state index is 13.1. The molecular weight excluding hydrogens is 348 g/mol. The van der Waals surface area contributed by atoms with Crippen molar-refractivity contribution in [2.75, 3.05) is 13.1 Å². The summed E-state index contributed by atoms with van der Waals surface area (Å²) < 4.78 is 29.7. The first-order valence-electron chi connectivity index (χ1n) is 8.44. The summed E-state index contributed by atoms with van der Waals surface area (Å²) in [6.07, 6.45) is 1.86. The van der Waals surface area contributed by atoms with Crippen LogP contribution in [-0.4, -0.2) is 41.6 Å². The quantitative estimate of drug-likeness (QED) is 0.852. The first-order chi connectivity index (χ1) is 10.6. The molecule has 140 valence electrons. The second-order valence-corrected chi connectivity index (χ2v) is 9.08. The van der Waals surface area contributed by atoms with E-state index in [1.807, 2.05) is 18.5 Å². The van der Waals surface area contributed by atoms with Gasteiger partial charge in [0.15, 0.2) is 0 Å². The third-order valence-corrected chi connectivity index (χ3v) is 6.73. The van der Waals surface area contributed by atoms with Crippen molar-refractivity contribution in [3.63, 3.8) is 0 Å². The summed E-state index contributed by atoms with van der Waals surface area (Å²) >= 11 is 0. The molecule has 0 bridgehead atoms. The van der Waals surface area contributed by atoms with E-state index in [-0.39, 0.29) is 24.4 Å². The van der Waals surface area contributed by atoms with E-state index in [1.54, 1.807) is 11.2 Å². The first-order valence-corrected chi connectivity index (χ1v) is 9.88. The minimum Gasteiger partial charge on any atom is -0.328 e. The average Bonchev–Trinajstić information content (AvgIpc) is 2.73. The Balaban J connectivity index is 0.00000288. The number of halogens is 1. The Hall–Kier alpha value is -0.630. The Morgan fingerprint density at radius 2 is 1.92 bits per heavy atom. The molecular formula is C16H31ClN4O2S. The molecule has 2 unspecified atom stereocenters. The van der Waals surface area contributed by atoms with E-state index in [4.69, 9.17) is 5.73 Å². The van der Waals surface area contributed by atoms with E-state index in [2.05, 4.69) is 18.9 Å². The van der Waals surface area contributed by atoms with E-state index in [0.717, 1.165) is 25.1 Å². The molecule has 2 rings (SSSR count). The number of sulfonamides is 1. The van der Waals surface area contributed by atoms with Crippen molar-refractivity contribution in [2.24, 2.45) is 17.6 Å². The lowest BCUT2D eigenvalue weighted by molar-refractivity contribution is 0.243. The molecule has 2 N–H and O–H groups in total. The zero-order valence-corrected chi connectivity index (χ0v) is 17.0. The Kier molecular flexibility index (Phi) is 7.29. The van der Waals surface area contributed by atoms with Gasteiger partial charge in [0.1, 0.15) is 4.90 Å². The molecule has 1 saturated heterocycles. The van der Waals surface area contributed by atoms with Crippen LogP contribution in [0.1, 0.15) is 45.0 Å². The SMILES string of the molecule is Cc1nn(CC(C)C)c(C)c1S(=O)(=O)N1CCCC(C(C)N)C1.Cl. The number of nitrogens with zero attached hydrogens (tertiary/aromatic N) is 3. The van der Waals surface area contributed by atoms with Crippen molar-refractivity contribution in [1.82, 2.24) is 14.1 Å². The summed E-state index contributed by atoms with van der Waals surface area (Å²) in [6.45, 7) is 11.6. The van der Waals surface area contributed by atoms with Gasteiger partial charge in [-0.1, -0.05) is 13.8 Å². The van der Waals surface area contributed by atoms with Crippen LogP contribution in [0.3, 0.4) is 0 Å². The van der Waals surface area contributed by atoms with Crippen LogP contribution in [0.15, 0.2) is 4.90 Å². The van der Waals surface area contributed by atoms with Gasteiger partial charge in [-0.2, -0.15) is 9.40 Å². The van der Waals surface area contributed by atoms with E-state index in [0.29, 0.717) is 29.6 Å². The number of aromatic nitrogens is 2. The highest BCUT2D eigenvalue weighted by Gasteiger charge is 2.35.